The molecule has 0 aliphatic heterocycles. The second-order valence-electron chi connectivity index (χ2n) is 9.56. The first-order valence-electron chi connectivity index (χ1n) is 9.10. The first kappa shape index (κ1) is 18.1. The number of rotatable bonds is 2. The molecule has 4 saturated carbocycles. The van der Waals surface area contributed by atoms with E-state index in [0.29, 0.717) is 5.92 Å². The molecule has 4 bridgehead atoms. The highest BCUT2D eigenvalue weighted by atomic mass is 35.5. The summed E-state index contributed by atoms with van der Waals surface area (Å²) in [5.74, 6) is 0.414. The minimum absolute atomic E-state index is 0.130. The molecule has 26 heavy (non-hydrogen) atoms. The maximum Gasteiger partial charge on any atom is 0.417 e. The molecule has 1 aromatic carbocycles. The van der Waals surface area contributed by atoms with Crippen molar-refractivity contribution < 1.29 is 18.0 Å². The molecule has 2 atom stereocenters. The number of hydrogen-bond acceptors (Lipinski definition) is 1. The molecular weight excluding hydrogens is 363 g/mol. The van der Waals surface area contributed by atoms with Crippen LogP contribution in [0.3, 0.4) is 0 Å². The zero-order chi connectivity index (χ0) is 19.0. The molecule has 0 saturated heterocycles. The first-order chi connectivity index (χ1) is 11.9. The van der Waals surface area contributed by atoms with Crippen molar-refractivity contribution in [1.29, 1.82) is 0 Å². The van der Waals surface area contributed by atoms with E-state index >= 15 is 0 Å². The Morgan fingerprint density at radius 2 is 1.73 bits per heavy atom. The van der Waals surface area contributed by atoms with Crippen LogP contribution in [-0.4, -0.2) is 5.91 Å². The Morgan fingerprint density at radius 1 is 1.12 bits per heavy atom. The van der Waals surface area contributed by atoms with Crippen molar-refractivity contribution in [2.75, 3.05) is 5.32 Å². The van der Waals surface area contributed by atoms with Gasteiger partial charge in [0.25, 0.3) is 0 Å². The summed E-state index contributed by atoms with van der Waals surface area (Å²) in [5.41, 5.74) is -0.870. The number of halogens is 4. The monoisotopic (exact) mass is 385 g/mol. The molecule has 4 aliphatic carbocycles. The maximum absolute atomic E-state index is 13.2. The minimum atomic E-state index is -4.54. The van der Waals surface area contributed by atoms with Gasteiger partial charge in [0.2, 0.25) is 5.91 Å². The molecule has 5 rings (SSSR count). The van der Waals surface area contributed by atoms with E-state index in [-0.39, 0.29) is 27.4 Å². The number of carbonyl (C=O) groups excluding carboxylic acids is 1. The zero-order valence-corrected chi connectivity index (χ0v) is 15.7. The SMILES string of the molecule is C[C@]12CC3CC(C(=O)Nc4ccc(Cl)c(C(F)(F)F)c4)(C1)C[C@](C)(C3)C2. The molecule has 0 unspecified atom stereocenters. The van der Waals surface area contributed by atoms with Crippen LogP contribution in [0, 0.1) is 22.2 Å². The van der Waals surface area contributed by atoms with Crippen LogP contribution in [0.5, 0.6) is 0 Å². The number of amides is 1. The third kappa shape index (κ3) is 2.92. The lowest BCUT2D eigenvalue weighted by Crippen LogP contribution is -2.58. The van der Waals surface area contributed by atoms with Gasteiger partial charge in [-0.1, -0.05) is 25.4 Å². The lowest BCUT2D eigenvalue weighted by molar-refractivity contribution is -0.165. The summed E-state index contributed by atoms with van der Waals surface area (Å²) in [6, 6.07) is 3.58. The zero-order valence-electron chi connectivity index (χ0n) is 15.0. The van der Waals surface area contributed by atoms with E-state index in [4.69, 9.17) is 11.6 Å². The number of hydrogen-bond donors (Lipinski definition) is 1. The number of benzene rings is 1. The van der Waals surface area contributed by atoms with Crippen molar-refractivity contribution in [2.45, 2.75) is 58.5 Å². The van der Waals surface area contributed by atoms with Gasteiger partial charge in [0, 0.05) is 5.69 Å². The normalized spacial score (nSPS) is 38.5. The summed E-state index contributed by atoms with van der Waals surface area (Å²) >= 11 is 5.68. The van der Waals surface area contributed by atoms with E-state index in [0.717, 1.165) is 44.6 Å². The van der Waals surface area contributed by atoms with E-state index in [9.17, 15) is 18.0 Å². The van der Waals surface area contributed by atoms with Gasteiger partial charge in [-0.05, 0) is 73.5 Å². The Labute approximate surface area is 156 Å². The van der Waals surface area contributed by atoms with Crippen molar-refractivity contribution in [3.05, 3.63) is 28.8 Å². The largest absolute Gasteiger partial charge is 0.417 e. The van der Waals surface area contributed by atoms with Gasteiger partial charge in [0.05, 0.1) is 16.0 Å². The van der Waals surface area contributed by atoms with Gasteiger partial charge in [0.15, 0.2) is 0 Å². The van der Waals surface area contributed by atoms with Crippen molar-refractivity contribution in [1.82, 2.24) is 0 Å². The fourth-order valence-electron chi connectivity index (χ4n) is 6.78. The number of alkyl halides is 3. The molecule has 4 aliphatic rings. The summed E-state index contributed by atoms with van der Waals surface area (Å²) in [7, 11) is 0. The quantitative estimate of drug-likeness (QED) is 0.636. The predicted octanol–water partition coefficient (Wildman–Crippen LogP) is 6.29. The molecule has 2 nitrogen and oxygen atoms in total. The van der Waals surface area contributed by atoms with Crippen molar-refractivity contribution in [3.8, 4) is 0 Å². The number of anilines is 1. The van der Waals surface area contributed by atoms with Crippen LogP contribution in [-0.2, 0) is 11.0 Å². The molecule has 4 fully saturated rings. The highest BCUT2D eigenvalue weighted by Crippen LogP contribution is 2.69. The average Bonchev–Trinajstić information content (AvgIpc) is 2.44. The summed E-state index contributed by atoms with van der Waals surface area (Å²) < 4.78 is 39.3. The molecule has 1 amide bonds. The van der Waals surface area contributed by atoms with Gasteiger partial charge in [-0.3, -0.25) is 4.79 Å². The van der Waals surface area contributed by atoms with Crippen LogP contribution in [0.25, 0.3) is 0 Å². The Balaban J connectivity index is 1.61. The molecule has 0 radical (unpaired) electrons. The molecular formula is C20H23ClF3NO. The molecule has 142 valence electrons. The van der Waals surface area contributed by atoms with Crippen molar-refractivity contribution in [3.63, 3.8) is 0 Å². The fourth-order valence-corrected chi connectivity index (χ4v) is 7.01. The van der Waals surface area contributed by atoms with E-state index < -0.39 is 17.2 Å². The average molecular weight is 386 g/mol. The smallest absolute Gasteiger partial charge is 0.326 e. The van der Waals surface area contributed by atoms with Crippen LogP contribution in [0.4, 0.5) is 18.9 Å². The van der Waals surface area contributed by atoms with Gasteiger partial charge in [-0.25, -0.2) is 0 Å². The highest BCUT2D eigenvalue weighted by Gasteiger charge is 2.62. The minimum Gasteiger partial charge on any atom is -0.326 e. The van der Waals surface area contributed by atoms with Gasteiger partial charge in [-0.15, -0.1) is 0 Å². The molecule has 6 heteroatoms. The van der Waals surface area contributed by atoms with Crippen LogP contribution < -0.4 is 5.32 Å². The Bertz CT molecular complexity index is 757. The number of carbonyl (C=O) groups is 1. The van der Waals surface area contributed by atoms with Crippen LogP contribution in [0.15, 0.2) is 18.2 Å². The van der Waals surface area contributed by atoms with Crippen LogP contribution in [0.1, 0.15) is 57.9 Å². The third-order valence-electron chi connectivity index (χ3n) is 6.64. The van der Waals surface area contributed by atoms with E-state index in [1.165, 1.54) is 12.1 Å². The standard InChI is InChI=1S/C20H23ClF3NO/c1-17-6-12-7-18(2,9-17)11-19(8-12,10-17)16(26)25-13-3-4-15(21)14(5-13)20(22,23)24/h3-5,12H,6-11H2,1-2H3,(H,25,26)/t12?,17-,18-,19?/m1/s1. The van der Waals surface area contributed by atoms with E-state index in [1.807, 2.05) is 0 Å². The Morgan fingerprint density at radius 3 is 2.27 bits per heavy atom. The summed E-state index contributed by atoms with van der Waals surface area (Å²) in [4.78, 5) is 13.2. The van der Waals surface area contributed by atoms with E-state index in [2.05, 4.69) is 19.2 Å². The van der Waals surface area contributed by atoms with Crippen LogP contribution in [0.2, 0.25) is 5.02 Å². The summed E-state index contributed by atoms with van der Waals surface area (Å²) in [6.45, 7) is 4.53. The van der Waals surface area contributed by atoms with E-state index in [1.54, 1.807) is 0 Å². The predicted molar refractivity (Wildman–Crippen MR) is 94.9 cm³/mol. The van der Waals surface area contributed by atoms with Crippen molar-refractivity contribution in [2.24, 2.45) is 22.2 Å². The highest BCUT2D eigenvalue weighted by molar-refractivity contribution is 6.31. The van der Waals surface area contributed by atoms with Crippen molar-refractivity contribution >= 4 is 23.2 Å². The summed E-state index contributed by atoms with van der Waals surface area (Å²) in [5, 5.41) is 2.42. The van der Waals surface area contributed by atoms with Gasteiger partial charge >= 0.3 is 6.18 Å². The topological polar surface area (TPSA) is 29.1 Å². The number of nitrogens with one attached hydrogen (secondary N) is 1. The Hall–Kier alpha value is -1.23. The maximum atomic E-state index is 13.2. The lowest BCUT2D eigenvalue weighted by Gasteiger charge is -2.64. The van der Waals surface area contributed by atoms with Gasteiger partial charge < -0.3 is 5.32 Å². The lowest BCUT2D eigenvalue weighted by atomic mass is 9.40. The third-order valence-corrected chi connectivity index (χ3v) is 6.97. The van der Waals surface area contributed by atoms with Gasteiger partial charge in [0.1, 0.15) is 0 Å². The van der Waals surface area contributed by atoms with Crippen LogP contribution >= 0.6 is 11.6 Å². The molecule has 0 spiro atoms. The molecule has 0 aromatic heterocycles. The van der Waals surface area contributed by atoms with Gasteiger partial charge in [-0.2, -0.15) is 13.2 Å². The molecule has 1 aromatic rings. The second kappa shape index (κ2) is 5.40. The summed E-state index contributed by atoms with van der Waals surface area (Å²) in [6.07, 6.45) is 1.44. The first-order valence-corrected chi connectivity index (χ1v) is 9.48. The molecule has 1 N–H and O–H groups in total. The fraction of sp³-hybridized carbons (Fsp3) is 0.650. The second-order valence-corrected chi connectivity index (χ2v) is 9.96. The Kier molecular flexibility index (Phi) is 3.77. The molecule has 0 heterocycles.